The molecule has 9 heteroatoms. The summed E-state index contributed by atoms with van der Waals surface area (Å²) in [5.41, 5.74) is 8.91. The first kappa shape index (κ1) is 40.1. The van der Waals surface area contributed by atoms with Gasteiger partial charge in [0.2, 0.25) is 11.6 Å². The van der Waals surface area contributed by atoms with Crippen LogP contribution in [0, 0.1) is 41.5 Å². The Kier molecular flexibility index (Phi) is 13.9. The van der Waals surface area contributed by atoms with E-state index in [1.807, 2.05) is 19.9 Å². The molecular weight excluding hydrogens is 679 g/mol. The van der Waals surface area contributed by atoms with Crippen LogP contribution < -0.4 is 24.2 Å². The molecule has 0 saturated heterocycles. The zero-order valence-corrected chi connectivity index (χ0v) is 34.1. The highest BCUT2D eigenvalue weighted by Gasteiger charge is 2.35. The standard InChI is InChI=1S/C42H56Cl2N4O3/c1-13-18-34-36(22-29(10)45-41(34)50-38-26(7)19-25(6)20-27(38)8)47(32(14-2)15-3)48(33(16-4)17-5)37-23-30(11)46-42(40(37)49-12)51-39-28(9)21-31(43)24-35(39)44/h19-24,32-33H,13-18H2,1-12H3. The smallest absolute Gasteiger partial charge is 0.265 e. The number of nitrogens with zero attached hydrogens (tertiary/aromatic N) is 4. The minimum atomic E-state index is 0.115. The Bertz CT molecular complexity index is 1770. The van der Waals surface area contributed by atoms with Gasteiger partial charge in [0.25, 0.3) is 5.88 Å². The van der Waals surface area contributed by atoms with E-state index in [1.54, 1.807) is 13.2 Å². The van der Waals surface area contributed by atoms with Crippen molar-refractivity contribution in [2.45, 2.75) is 127 Å². The molecule has 0 unspecified atom stereocenters. The molecule has 0 aliphatic rings. The van der Waals surface area contributed by atoms with Crippen molar-refractivity contribution in [3.05, 3.63) is 85.6 Å². The average Bonchev–Trinajstić information content (AvgIpc) is 3.06. The van der Waals surface area contributed by atoms with Gasteiger partial charge in [-0.2, -0.15) is 0 Å². The number of methoxy groups -OCH3 is 1. The van der Waals surface area contributed by atoms with Crippen molar-refractivity contribution in [2.75, 3.05) is 17.1 Å². The van der Waals surface area contributed by atoms with E-state index in [0.29, 0.717) is 33.3 Å². The quantitative estimate of drug-likeness (QED) is 0.106. The number of halogens is 2. The Morgan fingerprint density at radius 2 is 1.10 bits per heavy atom. The summed E-state index contributed by atoms with van der Waals surface area (Å²) < 4.78 is 19.6. The summed E-state index contributed by atoms with van der Waals surface area (Å²) in [6.45, 7) is 23.5. The summed E-state index contributed by atoms with van der Waals surface area (Å²) in [6.07, 6.45) is 5.36. The molecule has 0 spiro atoms. The predicted molar refractivity (Wildman–Crippen MR) is 214 cm³/mol. The monoisotopic (exact) mass is 734 g/mol. The Balaban J connectivity index is 2.04. The van der Waals surface area contributed by atoms with Gasteiger partial charge in [0.15, 0.2) is 5.75 Å². The number of hydrazine groups is 1. The van der Waals surface area contributed by atoms with E-state index in [1.165, 1.54) is 5.56 Å². The third kappa shape index (κ3) is 8.86. The number of anilines is 2. The van der Waals surface area contributed by atoms with Crippen LogP contribution in [0.25, 0.3) is 0 Å². The average molecular weight is 736 g/mol. The molecule has 2 aromatic carbocycles. The van der Waals surface area contributed by atoms with Crippen LogP contribution in [0.3, 0.4) is 0 Å². The SMILES string of the molecule is CCCc1c(N(C(CC)CC)N(c2cc(C)nc(Oc3c(C)cc(Cl)cc3Cl)c2OC)C(CC)CC)cc(C)nc1Oc1c(C)cc(C)cc1C. The van der Waals surface area contributed by atoms with E-state index in [4.69, 9.17) is 47.4 Å². The molecule has 0 aliphatic carbocycles. The summed E-state index contributed by atoms with van der Waals surface area (Å²) in [5.74, 6) is 2.87. The highest BCUT2D eigenvalue weighted by molar-refractivity contribution is 6.35. The van der Waals surface area contributed by atoms with Crippen molar-refractivity contribution in [1.82, 2.24) is 9.97 Å². The Hall–Kier alpha value is -3.68. The number of hydrogen-bond acceptors (Lipinski definition) is 7. The molecule has 0 saturated carbocycles. The van der Waals surface area contributed by atoms with E-state index in [0.717, 1.165) is 89.3 Å². The van der Waals surface area contributed by atoms with Crippen molar-refractivity contribution >= 4 is 34.6 Å². The van der Waals surface area contributed by atoms with Crippen LogP contribution in [-0.4, -0.2) is 29.2 Å². The molecule has 0 N–H and O–H groups in total. The summed E-state index contributed by atoms with van der Waals surface area (Å²) in [5, 5.41) is 5.86. The molecule has 7 nitrogen and oxygen atoms in total. The lowest BCUT2D eigenvalue weighted by Crippen LogP contribution is -2.54. The van der Waals surface area contributed by atoms with E-state index < -0.39 is 0 Å². The number of ether oxygens (including phenoxy) is 3. The van der Waals surface area contributed by atoms with Crippen LogP contribution in [0.1, 0.15) is 106 Å². The van der Waals surface area contributed by atoms with Crippen molar-refractivity contribution in [1.29, 1.82) is 0 Å². The molecule has 0 aliphatic heterocycles. The van der Waals surface area contributed by atoms with E-state index in [2.05, 4.69) is 96.6 Å². The lowest BCUT2D eigenvalue weighted by molar-refractivity contribution is 0.364. The van der Waals surface area contributed by atoms with Crippen molar-refractivity contribution in [3.63, 3.8) is 0 Å². The summed E-state index contributed by atoms with van der Waals surface area (Å²) in [6, 6.07) is 12.4. The van der Waals surface area contributed by atoms with Crippen LogP contribution in [0.4, 0.5) is 11.4 Å². The molecule has 0 atom stereocenters. The molecule has 2 aromatic heterocycles. The molecule has 4 aromatic rings. The molecule has 2 heterocycles. The largest absolute Gasteiger partial charge is 0.490 e. The number of hydrogen-bond donors (Lipinski definition) is 0. The van der Waals surface area contributed by atoms with Crippen molar-refractivity contribution in [3.8, 4) is 29.0 Å². The van der Waals surface area contributed by atoms with Crippen LogP contribution in [-0.2, 0) is 6.42 Å². The van der Waals surface area contributed by atoms with Gasteiger partial charge in [-0.1, -0.05) is 81.9 Å². The molecule has 0 bridgehead atoms. The third-order valence-electron chi connectivity index (χ3n) is 9.44. The minimum Gasteiger partial charge on any atom is -0.490 e. The maximum Gasteiger partial charge on any atom is 0.265 e. The predicted octanol–water partition coefficient (Wildman–Crippen LogP) is 12.8. The molecule has 0 radical (unpaired) electrons. The number of pyridine rings is 2. The number of benzene rings is 2. The van der Waals surface area contributed by atoms with Gasteiger partial charge in [-0.15, -0.1) is 0 Å². The van der Waals surface area contributed by atoms with Crippen molar-refractivity contribution < 1.29 is 14.2 Å². The van der Waals surface area contributed by atoms with Crippen LogP contribution >= 0.6 is 23.2 Å². The molecule has 4 rings (SSSR count). The number of rotatable bonds is 16. The van der Waals surface area contributed by atoms with Gasteiger partial charge in [-0.25, -0.2) is 9.97 Å². The third-order valence-corrected chi connectivity index (χ3v) is 9.94. The minimum absolute atomic E-state index is 0.115. The second kappa shape index (κ2) is 17.7. The molecular formula is C42H56Cl2N4O3. The molecule has 276 valence electrons. The molecule has 51 heavy (non-hydrogen) atoms. The van der Waals surface area contributed by atoms with E-state index >= 15 is 0 Å². The van der Waals surface area contributed by atoms with E-state index in [9.17, 15) is 0 Å². The Labute approximate surface area is 316 Å². The lowest BCUT2D eigenvalue weighted by atomic mass is 10.0. The van der Waals surface area contributed by atoms with Gasteiger partial charge in [0.05, 0.1) is 29.9 Å². The van der Waals surface area contributed by atoms with Crippen LogP contribution in [0.2, 0.25) is 10.0 Å². The highest BCUT2D eigenvalue weighted by atomic mass is 35.5. The number of aromatic nitrogens is 2. The number of aryl methyl sites for hydroxylation is 6. The Morgan fingerprint density at radius 3 is 1.61 bits per heavy atom. The highest BCUT2D eigenvalue weighted by Crippen LogP contribution is 2.46. The topological polar surface area (TPSA) is 60.0 Å². The second-order valence-corrected chi connectivity index (χ2v) is 14.4. The normalized spacial score (nSPS) is 11.4. The van der Waals surface area contributed by atoms with E-state index in [-0.39, 0.29) is 12.1 Å². The molecule has 0 fully saturated rings. The fourth-order valence-electron chi connectivity index (χ4n) is 7.06. The second-order valence-electron chi connectivity index (χ2n) is 13.5. The Morgan fingerprint density at radius 1 is 0.608 bits per heavy atom. The maximum absolute atomic E-state index is 6.84. The fraction of sp³-hybridized carbons (Fsp3) is 0.476. The zero-order valence-electron chi connectivity index (χ0n) is 32.6. The van der Waals surface area contributed by atoms with Crippen LogP contribution in [0.5, 0.6) is 29.0 Å². The van der Waals surface area contributed by atoms with Gasteiger partial charge in [0, 0.05) is 22.0 Å². The van der Waals surface area contributed by atoms with Crippen molar-refractivity contribution in [2.24, 2.45) is 0 Å². The van der Waals surface area contributed by atoms with Gasteiger partial charge >= 0.3 is 0 Å². The van der Waals surface area contributed by atoms with Gasteiger partial charge < -0.3 is 14.2 Å². The first-order valence-electron chi connectivity index (χ1n) is 18.4. The van der Waals surface area contributed by atoms with Gasteiger partial charge in [0.1, 0.15) is 11.4 Å². The lowest BCUT2D eigenvalue weighted by Gasteiger charge is -2.48. The van der Waals surface area contributed by atoms with Crippen LogP contribution in [0.15, 0.2) is 36.4 Å². The first-order chi connectivity index (χ1) is 24.3. The maximum atomic E-state index is 6.84. The summed E-state index contributed by atoms with van der Waals surface area (Å²) >= 11 is 13.0. The molecule has 0 amide bonds. The summed E-state index contributed by atoms with van der Waals surface area (Å²) in [7, 11) is 1.67. The van der Waals surface area contributed by atoms with Gasteiger partial charge in [-0.3, -0.25) is 10.0 Å². The summed E-state index contributed by atoms with van der Waals surface area (Å²) in [4.78, 5) is 9.90. The first-order valence-corrected chi connectivity index (χ1v) is 19.1. The fourth-order valence-corrected chi connectivity index (χ4v) is 7.70. The van der Waals surface area contributed by atoms with Gasteiger partial charge in [-0.05, 0) is 115 Å². The zero-order chi connectivity index (χ0) is 37.6.